The first-order valence-electron chi connectivity index (χ1n) is 10.4. The predicted molar refractivity (Wildman–Crippen MR) is 125 cm³/mol. The molecule has 1 fully saturated rings. The van der Waals surface area contributed by atoms with Crippen molar-refractivity contribution < 1.29 is 19.0 Å². The number of hydrogen-bond donors (Lipinski definition) is 0. The van der Waals surface area contributed by atoms with Crippen molar-refractivity contribution in [3.63, 3.8) is 0 Å². The van der Waals surface area contributed by atoms with Gasteiger partial charge in [0, 0.05) is 13.3 Å². The molecule has 3 rings (SSSR count). The third kappa shape index (κ3) is 7.99. The predicted octanol–water partition coefficient (Wildman–Crippen LogP) is 5.31. The smallest absolute Gasteiger partial charge is 0.302 e. The van der Waals surface area contributed by atoms with Gasteiger partial charge in [0.2, 0.25) is 0 Å². The van der Waals surface area contributed by atoms with Gasteiger partial charge in [-0.25, -0.2) is 0 Å². The summed E-state index contributed by atoms with van der Waals surface area (Å²) in [6.07, 6.45) is 1.60. The molecule has 4 nitrogen and oxygen atoms in total. The Balaban J connectivity index is 1.71. The second-order valence-electron chi connectivity index (χ2n) is 7.19. The molecule has 0 bridgehead atoms. The fourth-order valence-corrected chi connectivity index (χ4v) is 6.38. The van der Waals surface area contributed by atoms with Gasteiger partial charge in [-0.15, -0.1) is 23.5 Å². The highest BCUT2D eigenvalue weighted by molar-refractivity contribution is 8.17. The molecule has 2 aromatic rings. The van der Waals surface area contributed by atoms with Crippen molar-refractivity contribution in [2.45, 2.75) is 49.8 Å². The van der Waals surface area contributed by atoms with Crippen LogP contribution in [-0.2, 0) is 32.2 Å². The Morgan fingerprint density at radius 1 is 0.933 bits per heavy atom. The van der Waals surface area contributed by atoms with E-state index in [0.29, 0.717) is 30.8 Å². The van der Waals surface area contributed by atoms with Gasteiger partial charge < -0.3 is 14.2 Å². The Bertz CT molecular complexity index is 735. The summed E-state index contributed by atoms with van der Waals surface area (Å²) in [6.45, 7) is 2.83. The fourth-order valence-electron chi connectivity index (χ4n) is 3.26. The molecule has 6 heteroatoms. The van der Waals surface area contributed by atoms with E-state index in [2.05, 4.69) is 24.3 Å². The quantitative estimate of drug-likeness (QED) is 0.436. The summed E-state index contributed by atoms with van der Waals surface area (Å²) in [4.78, 5) is 11.3. The summed E-state index contributed by atoms with van der Waals surface area (Å²) < 4.78 is 18.4. The lowest BCUT2D eigenvalue weighted by molar-refractivity contribution is -0.143. The lowest BCUT2D eigenvalue weighted by Crippen LogP contribution is -2.40. The van der Waals surface area contributed by atoms with E-state index in [4.69, 9.17) is 14.2 Å². The number of carbonyl (C=O) groups is 1. The zero-order valence-corrected chi connectivity index (χ0v) is 19.0. The molecule has 1 heterocycles. The molecule has 0 aliphatic carbocycles. The van der Waals surface area contributed by atoms with Crippen LogP contribution in [-0.4, -0.2) is 40.9 Å². The number of rotatable bonds is 11. The average Bonchev–Trinajstić information content (AvgIpc) is 2.79. The van der Waals surface area contributed by atoms with E-state index in [1.54, 1.807) is 0 Å². The summed E-state index contributed by atoms with van der Waals surface area (Å²) in [7, 11) is 0. The van der Waals surface area contributed by atoms with Gasteiger partial charge in [-0.3, -0.25) is 4.79 Å². The average molecular weight is 447 g/mol. The van der Waals surface area contributed by atoms with Crippen LogP contribution < -0.4 is 0 Å². The van der Waals surface area contributed by atoms with Crippen molar-refractivity contribution in [3.05, 3.63) is 71.8 Å². The molecule has 0 saturated carbocycles. The molecule has 1 saturated heterocycles. The highest BCUT2D eigenvalue weighted by Crippen LogP contribution is 2.37. The zero-order chi connectivity index (χ0) is 21.0. The number of ether oxygens (including phenoxy) is 3. The maximum Gasteiger partial charge on any atom is 0.302 e. The molecule has 1 aliphatic heterocycles. The van der Waals surface area contributed by atoms with Gasteiger partial charge in [0.05, 0.1) is 30.5 Å². The highest BCUT2D eigenvalue weighted by atomic mass is 32.2. The third-order valence-corrected chi connectivity index (χ3v) is 7.85. The van der Waals surface area contributed by atoms with E-state index in [1.807, 2.05) is 59.9 Å². The first-order chi connectivity index (χ1) is 14.7. The number of thioether (sulfide) groups is 2. The normalized spacial score (nSPS) is 16.7. The minimum absolute atomic E-state index is 0.0835. The first-order valence-corrected chi connectivity index (χ1v) is 12.5. The van der Waals surface area contributed by atoms with Crippen molar-refractivity contribution >= 4 is 29.5 Å². The van der Waals surface area contributed by atoms with Crippen molar-refractivity contribution in [1.29, 1.82) is 0 Å². The molecule has 0 unspecified atom stereocenters. The molecule has 0 radical (unpaired) electrons. The minimum atomic E-state index is -0.264. The van der Waals surface area contributed by atoms with Gasteiger partial charge in [0.1, 0.15) is 6.10 Å². The van der Waals surface area contributed by atoms with Gasteiger partial charge in [-0.05, 0) is 29.1 Å². The monoisotopic (exact) mass is 446 g/mol. The van der Waals surface area contributed by atoms with Crippen LogP contribution >= 0.6 is 23.5 Å². The van der Waals surface area contributed by atoms with Crippen LogP contribution in [0.1, 0.15) is 30.9 Å². The first kappa shape index (κ1) is 23.2. The van der Waals surface area contributed by atoms with Crippen LogP contribution in [0.4, 0.5) is 0 Å². The maximum atomic E-state index is 11.3. The molecule has 162 valence electrons. The second-order valence-corrected chi connectivity index (χ2v) is 9.99. The number of carbonyl (C=O) groups excluding carboxylic acids is 1. The Hall–Kier alpha value is -1.47. The van der Waals surface area contributed by atoms with E-state index < -0.39 is 0 Å². The molecule has 2 atom stereocenters. The Morgan fingerprint density at radius 3 is 2.07 bits per heavy atom. The lowest BCUT2D eigenvalue weighted by atomic mass is 10.1. The van der Waals surface area contributed by atoms with E-state index in [9.17, 15) is 4.79 Å². The lowest BCUT2D eigenvalue weighted by Gasteiger charge is -2.35. The van der Waals surface area contributed by atoms with Gasteiger partial charge >= 0.3 is 5.97 Å². The standard InChI is InChI=1S/C24H30O4S2/c1-19(25)26-14-13-22(27-17-20-9-4-2-5-10-20)23(24-29-15-8-16-30-24)28-18-21-11-6-3-7-12-21/h2-7,9-12,22-24H,8,13-18H2,1H3/t22-,23-/m0/s1. The molecular weight excluding hydrogens is 416 g/mol. The fraction of sp³-hybridized carbons (Fsp3) is 0.458. The van der Waals surface area contributed by atoms with E-state index >= 15 is 0 Å². The molecule has 0 amide bonds. The molecule has 0 spiro atoms. The van der Waals surface area contributed by atoms with Crippen LogP contribution in [0.2, 0.25) is 0 Å². The number of benzene rings is 2. The van der Waals surface area contributed by atoms with Crippen molar-refractivity contribution in [3.8, 4) is 0 Å². The Kier molecular flexibility index (Phi) is 10.1. The summed E-state index contributed by atoms with van der Waals surface area (Å²) in [6, 6.07) is 20.4. The van der Waals surface area contributed by atoms with Gasteiger partial charge in [-0.1, -0.05) is 60.7 Å². The van der Waals surface area contributed by atoms with E-state index in [0.717, 1.165) is 22.6 Å². The van der Waals surface area contributed by atoms with Crippen LogP contribution in [0, 0.1) is 0 Å². The second kappa shape index (κ2) is 13.1. The Morgan fingerprint density at radius 2 is 1.50 bits per heavy atom. The van der Waals surface area contributed by atoms with Gasteiger partial charge in [-0.2, -0.15) is 0 Å². The number of esters is 1. The number of hydrogen-bond acceptors (Lipinski definition) is 6. The largest absolute Gasteiger partial charge is 0.466 e. The van der Waals surface area contributed by atoms with Crippen LogP contribution in [0.3, 0.4) is 0 Å². The van der Waals surface area contributed by atoms with Crippen molar-refractivity contribution in [1.82, 2.24) is 0 Å². The molecule has 0 aromatic heterocycles. The van der Waals surface area contributed by atoms with Crippen molar-refractivity contribution in [2.75, 3.05) is 18.1 Å². The summed E-state index contributed by atoms with van der Waals surface area (Å²) in [5.41, 5.74) is 2.27. The molecule has 2 aromatic carbocycles. The molecule has 30 heavy (non-hydrogen) atoms. The molecular formula is C24H30O4S2. The third-order valence-electron chi connectivity index (χ3n) is 4.79. The van der Waals surface area contributed by atoms with Gasteiger partial charge in [0.25, 0.3) is 0 Å². The topological polar surface area (TPSA) is 44.8 Å². The SMILES string of the molecule is CC(=O)OCC[C@H](OCc1ccccc1)[C@H](OCc1ccccc1)C1SCCCS1. The Labute approximate surface area is 188 Å². The van der Waals surface area contributed by atoms with Crippen LogP contribution in [0.25, 0.3) is 0 Å². The molecule has 1 aliphatic rings. The summed E-state index contributed by atoms with van der Waals surface area (Å²) >= 11 is 3.89. The van der Waals surface area contributed by atoms with Crippen LogP contribution in [0.15, 0.2) is 60.7 Å². The van der Waals surface area contributed by atoms with E-state index in [-0.39, 0.29) is 18.2 Å². The summed E-state index contributed by atoms with van der Waals surface area (Å²) in [5.74, 6) is 2.01. The van der Waals surface area contributed by atoms with Crippen LogP contribution in [0.5, 0.6) is 0 Å². The highest BCUT2D eigenvalue weighted by Gasteiger charge is 2.33. The molecule has 0 N–H and O–H groups in total. The zero-order valence-electron chi connectivity index (χ0n) is 17.4. The van der Waals surface area contributed by atoms with Crippen molar-refractivity contribution in [2.24, 2.45) is 0 Å². The van der Waals surface area contributed by atoms with Gasteiger partial charge in [0.15, 0.2) is 0 Å². The van der Waals surface area contributed by atoms with E-state index in [1.165, 1.54) is 13.3 Å². The maximum absolute atomic E-state index is 11.3. The minimum Gasteiger partial charge on any atom is -0.466 e. The summed E-state index contributed by atoms with van der Waals surface area (Å²) in [5, 5.41) is 0.